The zero-order valence-corrected chi connectivity index (χ0v) is 22.4. The van der Waals surface area contributed by atoms with Crippen LogP contribution in [0.3, 0.4) is 0 Å². The summed E-state index contributed by atoms with van der Waals surface area (Å²) in [6.07, 6.45) is 13.5. The van der Waals surface area contributed by atoms with E-state index >= 15 is 0 Å². The summed E-state index contributed by atoms with van der Waals surface area (Å²) in [6, 6.07) is 33.3. The molecule has 1 aromatic heterocycles. The lowest BCUT2D eigenvalue weighted by Gasteiger charge is -2.17. The van der Waals surface area contributed by atoms with Gasteiger partial charge in [0.25, 0.3) is 0 Å². The van der Waals surface area contributed by atoms with Crippen LogP contribution >= 0.6 is 0 Å². The Bertz CT molecular complexity index is 1970. The second-order valence-electron chi connectivity index (χ2n) is 10.7. The van der Waals surface area contributed by atoms with Crippen LogP contribution in [0.4, 0.5) is 0 Å². The van der Waals surface area contributed by atoms with Crippen LogP contribution in [0.15, 0.2) is 115 Å². The summed E-state index contributed by atoms with van der Waals surface area (Å²) in [5.41, 5.74) is 6.62. The fourth-order valence-electron chi connectivity index (χ4n) is 6.03. The molecule has 0 fully saturated rings. The molecular formula is C37H27N3O. The minimum atomic E-state index is -0.00316. The van der Waals surface area contributed by atoms with Crippen molar-refractivity contribution in [3.8, 4) is 39.9 Å². The molecule has 2 heterocycles. The maximum atomic E-state index is 6.28. The molecule has 5 aromatic rings. The average molecular weight is 530 g/mol. The summed E-state index contributed by atoms with van der Waals surface area (Å²) >= 11 is 0. The molecule has 2 aliphatic carbocycles. The normalized spacial score (nSPS) is 18.2. The van der Waals surface area contributed by atoms with Crippen LogP contribution in [0, 0.1) is 0 Å². The molecule has 1 aliphatic heterocycles. The van der Waals surface area contributed by atoms with E-state index in [4.69, 9.17) is 19.7 Å². The van der Waals surface area contributed by atoms with E-state index in [9.17, 15) is 0 Å². The topological polar surface area (TPSA) is 47.9 Å². The molecule has 2 unspecified atom stereocenters. The lowest BCUT2D eigenvalue weighted by molar-refractivity contribution is 0.288. The van der Waals surface area contributed by atoms with Gasteiger partial charge in [-0.15, -0.1) is 0 Å². The summed E-state index contributed by atoms with van der Waals surface area (Å²) in [7, 11) is 0. The molecule has 0 N–H and O–H groups in total. The van der Waals surface area contributed by atoms with Crippen molar-refractivity contribution < 1.29 is 4.74 Å². The lowest BCUT2D eigenvalue weighted by Crippen LogP contribution is -2.36. The SMILES string of the molecule is C1=CC(c2ccc(-c3nc(-c4ccccc4)nc(-c4cccc5c4=CC4c6ccccc6OC4C=5)n3)cc2)=CCC1. The molecule has 4 heteroatoms. The van der Waals surface area contributed by atoms with Crippen LogP contribution in [0.1, 0.15) is 29.9 Å². The van der Waals surface area contributed by atoms with E-state index in [2.05, 4.69) is 91.0 Å². The van der Waals surface area contributed by atoms with E-state index in [1.165, 1.54) is 16.7 Å². The number of fused-ring (bicyclic) bond motifs is 4. The Morgan fingerprint density at radius 3 is 2.15 bits per heavy atom. The molecule has 0 saturated heterocycles. The van der Waals surface area contributed by atoms with Crippen LogP contribution in [-0.4, -0.2) is 21.1 Å². The molecule has 4 aromatic carbocycles. The average Bonchev–Trinajstić information content (AvgIpc) is 3.41. The van der Waals surface area contributed by atoms with Gasteiger partial charge in [-0.2, -0.15) is 0 Å². The summed E-state index contributed by atoms with van der Waals surface area (Å²) in [6.45, 7) is 0. The van der Waals surface area contributed by atoms with Gasteiger partial charge in [-0.3, -0.25) is 0 Å². The molecule has 2 atom stereocenters. The van der Waals surface area contributed by atoms with Crippen LogP contribution in [0.5, 0.6) is 5.75 Å². The number of hydrogen-bond acceptors (Lipinski definition) is 4. The number of ether oxygens (including phenoxy) is 1. The molecule has 3 aliphatic rings. The highest BCUT2D eigenvalue weighted by molar-refractivity contribution is 5.76. The smallest absolute Gasteiger partial charge is 0.164 e. The largest absolute Gasteiger partial charge is 0.485 e. The van der Waals surface area contributed by atoms with Crippen molar-refractivity contribution >= 4 is 17.7 Å². The fourth-order valence-corrected chi connectivity index (χ4v) is 6.03. The Balaban J connectivity index is 1.28. The van der Waals surface area contributed by atoms with Crippen molar-refractivity contribution in [3.05, 3.63) is 137 Å². The number of rotatable bonds is 4. The Hall–Kier alpha value is -5.09. The van der Waals surface area contributed by atoms with Crippen LogP contribution in [0.25, 0.3) is 51.9 Å². The van der Waals surface area contributed by atoms with Crippen molar-refractivity contribution in [3.63, 3.8) is 0 Å². The standard InChI is InChI=1S/C37H27N3O/c1-3-10-24(11-4-1)25-18-20-27(21-19-25)36-38-35(26-12-5-2-6-13-26)39-37(40-36)30-16-9-14-28-22-34-32(23-31(28)30)29-15-7-8-17-33(29)41-34/h2-3,5-23,32,34H,1,4H2. The number of allylic oxidation sites excluding steroid dienone is 4. The first-order valence-corrected chi connectivity index (χ1v) is 14.2. The van der Waals surface area contributed by atoms with Gasteiger partial charge in [0.2, 0.25) is 0 Å². The first-order chi connectivity index (χ1) is 20.3. The van der Waals surface area contributed by atoms with E-state index in [-0.39, 0.29) is 12.0 Å². The third-order valence-corrected chi connectivity index (χ3v) is 8.10. The second kappa shape index (κ2) is 9.83. The highest BCUT2D eigenvalue weighted by Crippen LogP contribution is 2.40. The molecule has 196 valence electrons. The van der Waals surface area contributed by atoms with Gasteiger partial charge in [0, 0.05) is 28.2 Å². The minimum absolute atomic E-state index is 0.00316. The quantitative estimate of drug-likeness (QED) is 0.259. The number of para-hydroxylation sites is 1. The van der Waals surface area contributed by atoms with Crippen molar-refractivity contribution in [1.82, 2.24) is 15.0 Å². The predicted octanol–water partition coefficient (Wildman–Crippen LogP) is 6.73. The van der Waals surface area contributed by atoms with Gasteiger partial charge in [-0.05, 0) is 46.6 Å². The van der Waals surface area contributed by atoms with Gasteiger partial charge in [0.15, 0.2) is 17.5 Å². The van der Waals surface area contributed by atoms with Crippen molar-refractivity contribution in [2.75, 3.05) is 0 Å². The van der Waals surface area contributed by atoms with Crippen molar-refractivity contribution in [2.24, 2.45) is 0 Å². The predicted molar refractivity (Wildman–Crippen MR) is 164 cm³/mol. The van der Waals surface area contributed by atoms with Crippen LogP contribution < -0.4 is 15.2 Å². The van der Waals surface area contributed by atoms with Crippen LogP contribution in [0.2, 0.25) is 0 Å². The number of nitrogens with zero attached hydrogens (tertiary/aromatic N) is 3. The Morgan fingerprint density at radius 1 is 0.610 bits per heavy atom. The van der Waals surface area contributed by atoms with E-state index in [0.717, 1.165) is 45.7 Å². The molecule has 4 nitrogen and oxygen atoms in total. The van der Waals surface area contributed by atoms with E-state index in [1.807, 2.05) is 36.4 Å². The van der Waals surface area contributed by atoms with Gasteiger partial charge >= 0.3 is 0 Å². The van der Waals surface area contributed by atoms with E-state index in [0.29, 0.717) is 17.5 Å². The van der Waals surface area contributed by atoms with E-state index in [1.54, 1.807) is 0 Å². The van der Waals surface area contributed by atoms with Gasteiger partial charge in [-0.25, -0.2) is 15.0 Å². The van der Waals surface area contributed by atoms with Gasteiger partial charge < -0.3 is 4.74 Å². The first kappa shape index (κ1) is 23.8. The summed E-state index contributed by atoms with van der Waals surface area (Å²) in [5.74, 6) is 3.12. The third kappa shape index (κ3) is 4.29. The Kier molecular flexibility index (Phi) is 5.70. The monoisotopic (exact) mass is 529 g/mol. The highest BCUT2D eigenvalue weighted by Gasteiger charge is 2.33. The second-order valence-corrected chi connectivity index (χ2v) is 10.7. The van der Waals surface area contributed by atoms with Gasteiger partial charge in [0.1, 0.15) is 11.9 Å². The number of benzene rings is 4. The molecule has 0 radical (unpaired) electrons. The van der Waals surface area contributed by atoms with Crippen molar-refractivity contribution in [2.45, 2.75) is 24.9 Å². The highest BCUT2D eigenvalue weighted by atomic mass is 16.5. The maximum Gasteiger partial charge on any atom is 0.164 e. The fraction of sp³-hybridized carbons (Fsp3) is 0.108. The molecule has 0 saturated carbocycles. The van der Waals surface area contributed by atoms with Gasteiger partial charge in [0.05, 0.1) is 0 Å². The minimum Gasteiger partial charge on any atom is -0.485 e. The number of aromatic nitrogens is 3. The summed E-state index contributed by atoms with van der Waals surface area (Å²) in [5, 5.41) is 2.27. The zero-order chi connectivity index (χ0) is 27.2. The first-order valence-electron chi connectivity index (χ1n) is 14.2. The summed E-state index contributed by atoms with van der Waals surface area (Å²) < 4.78 is 6.28. The third-order valence-electron chi connectivity index (χ3n) is 8.10. The molecular weight excluding hydrogens is 502 g/mol. The molecule has 0 bridgehead atoms. The maximum absolute atomic E-state index is 6.28. The Morgan fingerprint density at radius 2 is 1.34 bits per heavy atom. The lowest BCUT2D eigenvalue weighted by atomic mass is 9.89. The molecule has 0 amide bonds. The van der Waals surface area contributed by atoms with Crippen LogP contribution in [-0.2, 0) is 0 Å². The molecule has 0 spiro atoms. The van der Waals surface area contributed by atoms with E-state index < -0.39 is 0 Å². The zero-order valence-electron chi connectivity index (χ0n) is 22.4. The Labute approximate surface area is 238 Å². The van der Waals surface area contributed by atoms with Crippen molar-refractivity contribution in [1.29, 1.82) is 0 Å². The van der Waals surface area contributed by atoms with Gasteiger partial charge in [-0.1, -0.05) is 115 Å². The number of hydrogen-bond donors (Lipinski definition) is 0. The summed E-state index contributed by atoms with van der Waals surface area (Å²) in [4.78, 5) is 15.0. The molecule has 41 heavy (non-hydrogen) atoms. The molecule has 8 rings (SSSR count).